The van der Waals surface area contributed by atoms with Crippen molar-refractivity contribution >= 4 is 28.1 Å². The number of hydrogen-bond acceptors (Lipinski definition) is 3. The zero-order valence-corrected chi connectivity index (χ0v) is 13.5. The molecular weight excluding hydrogens is 298 g/mol. The molecule has 0 aliphatic heterocycles. The molecule has 0 bridgehead atoms. The van der Waals surface area contributed by atoms with Crippen LogP contribution in [0, 0.1) is 13.8 Å². The molecule has 0 atom stereocenters. The molecule has 3 aromatic rings. The third-order valence-electron chi connectivity index (χ3n) is 3.77. The van der Waals surface area contributed by atoms with Crippen molar-refractivity contribution in [2.45, 2.75) is 20.4 Å². The summed E-state index contributed by atoms with van der Waals surface area (Å²) in [6.45, 7) is 4.23. The predicted molar refractivity (Wildman–Crippen MR) is 88.5 cm³/mol. The summed E-state index contributed by atoms with van der Waals surface area (Å²) >= 11 is 0.980. The molecule has 2 aromatic heterocycles. The van der Waals surface area contributed by atoms with E-state index >= 15 is 0 Å². The minimum Gasteiger partial charge on any atom is -0.359 e. The van der Waals surface area contributed by atoms with Crippen molar-refractivity contribution in [1.29, 1.82) is 0 Å². The third-order valence-corrected chi connectivity index (χ3v) is 4.91. The van der Waals surface area contributed by atoms with Gasteiger partial charge in [0, 0.05) is 30.5 Å². The van der Waals surface area contributed by atoms with Gasteiger partial charge in [-0.25, -0.2) is 0 Å². The van der Waals surface area contributed by atoms with Crippen molar-refractivity contribution in [1.82, 2.24) is 14.9 Å². The van der Waals surface area contributed by atoms with Gasteiger partial charge in [-0.3, -0.25) is 9.59 Å². The van der Waals surface area contributed by atoms with E-state index in [1.54, 1.807) is 14.0 Å². The molecule has 0 saturated heterocycles. The number of amides is 1. The number of aromatic nitrogens is 2. The SMILES string of the molecule is Cc1cc2cc(CNC(=O)c3sc(=O)n(C)c3C)ccc2[nH]1. The Hall–Kier alpha value is -2.34. The molecule has 0 aliphatic rings. The number of rotatable bonds is 3. The Morgan fingerprint density at radius 3 is 2.77 bits per heavy atom. The Labute approximate surface area is 131 Å². The number of nitrogens with zero attached hydrogens (tertiary/aromatic N) is 1. The molecule has 2 heterocycles. The molecule has 2 N–H and O–H groups in total. The third kappa shape index (κ3) is 2.57. The highest BCUT2D eigenvalue weighted by Gasteiger charge is 2.15. The van der Waals surface area contributed by atoms with Crippen LogP contribution in [-0.2, 0) is 13.6 Å². The minimum atomic E-state index is -0.203. The molecule has 114 valence electrons. The number of H-pyrrole nitrogens is 1. The van der Waals surface area contributed by atoms with Gasteiger partial charge in [-0.05, 0) is 43.0 Å². The molecule has 1 aromatic carbocycles. The fourth-order valence-electron chi connectivity index (χ4n) is 2.43. The van der Waals surface area contributed by atoms with Crippen LogP contribution in [0.4, 0.5) is 0 Å². The van der Waals surface area contributed by atoms with Crippen LogP contribution in [0.25, 0.3) is 10.9 Å². The predicted octanol–water partition coefficient (Wildman–Crippen LogP) is 2.47. The Bertz CT molecular complexity index is 917. The van der Waals surface area contributed by atoms with Crippen molar-refractivity contribution < 1.29 is 4.79 Å². The number of aromatic amines is 1. The lowest BCUT2D eigenvalue weighted by molar-refractivity contribution is 0.0954. The van der Waals surface area contributed by atoms with Gasteiger partial charge in [0.1, 0.15) is 4.88 Å². The molecule has 6 heteroatoms. The highest BCUT2D eigenvalue weighted by Crippen LogP contribution is 2.17. The molecule has 0 saturated carbocycles. The second-order valence-electron chi connectivity index (χ2n) is 5.40. The molecule has 5 nitrogen and oxygen atoms in total. The average Bonchev–Trinajstić information content (AvgIpc) is 2.98. The first-order valence-corrected chi connectivity index (χ1v) is 7.80. The maximum Gasteiger partial charge on any atom is 0.307 e. The van der Waals surface area contributed by atoms with E-state index in [0.29, 0.717) is 17.1 Å². The summed E-state index contributed by atoms with van der Waals surface area (Å²) in [6.07, 6.45) is 0. The molecule has 22 heavy (non-hydrogen) atoms. The topological polar surface area (TPSA) is 66.9 Å². The van der Waals surface area contributed by atoms with E-state index in [1.807, 2.05) is 19.1 Å². The van der Waals surface area contributed by atoms with Gasteiger partial charge < -0.3 is 14.9 Å². The highest BCUT2D eigenvalue weighted by atomic mass is 32.1. The van der Waals surface area contributed by atoms with Gasteiger partial charge in [-0.2, -0.15) is 0 Å². The van der Waals surface area contributed by atoms with Gasteiger partial charge in [-0.15, -0.1) is 0 Å². The van der Waals surface area contributed by atoms with E-state index in [-0.39, 0.29) is 10.8 Å². The van der Waals surface area contributed by atoms with Crippen LogP contribution in [-0.4, -0.2) is 15.5 Å². The first kappa shape index (κ1) is 14.6. The van der Waals surface area contributed by atoms with Crippen LogP contribution < -0.4 is 10.2 Å². The Balaban J connectivity index is 1.76. The summed E-state index contributed by atoms with van der Waals surface area (Å²) < 4.78 is 1.49. The van der Waals surface area contributed by atoms with Crippen LogP contribution in [0.5, 0.6) is 0 Å². The minimum absolute atomic E-state index is 0.119. The van der Waals surface area contributed by atoms with Crippen molar-refractivity contribution in [3.05, 3.63) is 55.8 Å². The van der Waals surface area contributed by atoms with Gasteiger partial charge in [0.25, 0.3) is 5.91 Å². The molecule has 0 radical (unpaired) electrons. The summed E-state index contributed by atoms with van der Waals surface area (Å²) in [4.78, 5) is 27.4. The summed E-state index contributed by atoms with van der Waals surface area (Å²) in [5, 5.41) is 4.01. The number of thiazole rings is 1. The molecule has 0 spiro atoms. The van der Waals surface area contributed by atoms with E-state index in [4.69, 9.17) is 0 Å². The van der Waals surface area contributed by atoms with Crippen LogP contribution in [0.2, 0.25) is 0 Å². The molecular formula is C16H17N3O2S. The first-order valence-electron chi connectivity index (χ1n) is 6.98. The van der Waals surface area contributed by atoms with E-state index in [0.717, 1.165) is 33.5 Å². The lowest BCUT2D eigenvalue weighted by atomic mass is 10.1. The number of nitrogens with one attached hydrogen (secondary N) is 2. The lowest BCUT2D eigenvalue weighted by Crippen LogP contribution is -2.22. The normalized spacial score (nSPS) is 11.0. The van der Waals surface area contributed by atoms with Gasteiger partial charge in [0.2, 0.25) is 0 Å². The van der Waals surface area contributed by atoms with E-state index in [2.05, 4.69) is 22.4 Å². The highest BCUT2D eigenvalue weighted by molar-refractivity contribution is 7.11. The zero-order chi connectivity index (χ0) is 15.9. The second kappa shape index (κ2) is 5.46. The maximum absolute atomic E-state index is 12.2. The monoisotopic (exact) mass is 315 g/mol. The Morgan fingerprint density at radius 1 is 1.32 bits per heavy atom. The second-order valence-corrected chi connectivity index (χ2v) is 6.36. The fourth-order valence-corrected chi connectivity index (χ4v) is 3.33. The quantitative estimate of drug-likeness (QED) is 0.780. The van der Waals surface area contributed by atoms with Crippen molar-refractivity contribution in [3.63, 3.8) is 0 Å². The summed E-state index contributed by atoms with van der Waals surface area (Å²) in [5.41, 5.74) is 3.93. The number of carbonyl (C=O) groups excluding carboxylic acids is 1. The number of carbonyl (C=O) groups is 1. The molecule has 1 amide bonds. The zero-order valence-electron chi connectivity index (χ0n) is 12.7. The summed E-state index contributed by atoms with van der Waals surface area (Å²) in [6, 6.07) is 8.13. The van der Waals surface area contributed by atoms with Gasteiger partial charge in [-0.1, -0.05) is 17.4 Å². The summed E-state index contributed by atoms with van der Waals surface area (Å²) in [5.74, 6) is -0.203. The average molecular weight is 315 g/mol. The van der Waals surface area contributed by atoms with Crippen molar-refractivity contribution in [3.8, 4) is 0 Å². The van der Waals surface area contributed by atoms with E-state index < -0.39 is 0 Å². The number of hydrogen-bond donors (Lipinski definition) is 2. The molecule has 0 unspecified atom stereocenters. The van der Waals surface area contributed by atoms with Crippen LogP contribution in [0.3, 0.4) is 0 Å². The largest absolute Gasteiger partial charge is 0.359 e. The standard InChI is InChI=1S/C16H17N3O2S/c1-9-6-12-7-11(4-5-13(12)18-9)8-17-15(20)14-10(2)19(3)16(21)22-14/h4-7,18H,8H2,1-3H3,(H,17,20). The van der Waals surface area contributed by atoms with Crippen LogP contribution >= 0.6 is 11.3 Å². The van der Waals surface area contributed by atoms with Crippen LogP contribution in [0.1, 0.15) is 26.6 Å². The van der Waals surface area contributed by atoms with Gasteiger partial charge in [0.05, 0.1) is 0 Å². The van der Waals surface area contributed by atoms with Crippen LogP contribution in [0.15, 0.2) is 29.1 Å². The van der Waals surface area contributed by atoms with E-state index in [1.165, 1.54) is 4.57 Å². The number of benzene rings is 1. The van der Waals surface area contributed by atoms with Gasteiger partial charge >= 0.3 is 4.87 Å². The van der Waals surface area contributed by atoms with Crippen molar-refractivity contribution in [2.24, 2.45) is 7.05 Å². The number of aryl methyl sites for hydroxylation is 1. The van der Waals surface area contributed by atoms with E-state index in [9.17, 15) is 9.59 Å². The first-order chi connectivity index (χ1) is 10.5. The van der Waals surface area contributed by atoms with Crippen molar-refractivity contribution in [2.75, 3.05) is 0 Å². The van der Waals surface area contributed by atoms with Gasteiger partial charge in [0.15, 0.2) is 0 Å². The molecule has 3 rings (SSSR count). The maximum atomic E-state index is 12.2. The fraction of sp³-hybridized carbons (Fsp3) is 0.250. The molecule has 0 fully saturated rings. The Morgan fingerprint density at radius 2 is 2.09 bits per heavy atom. The Kier molecular flexibility index (Phi) is 3.62. The number of fused-ring (bicyclic) bond motifs is 1. The smallest absolute Gasteiger partial charge is 0.307 e. The summed E-state index contributed by atoms with van der Waals surface area (Å²) in [7, 11) is 1.67. The molecule has 0 aliphatic carbocycles. The lowest BCUT2D eigenvalue weighted by Gasteiger charge is -2.05.